The lowest BCUT2D eigenvalue weighted by Crippen LogP contribution is -2.57. The van der Waals surface area contributed by atoms with E-state index in [-0.39, 0.29) is 44.7 Å². The van der Waals surface area contributed by atoms with Gasteiger partial charge in [-0.2, -0.15) is 13.2 Å². The van der Waals surface area contributed by atoms with E-state index < -0.39 is 109 Å². The average Bonchev–Trinajstić information content (AvgIpc) is 3.97. The summed E-state index contributed by atoms with van der Waals surface area (Å²) in [5, 5.41) is 14.8. The molecule has 3 fully saturated rings. The summed E-state index contributed by atoms with van der Waals surface area (Å²) in [4.78, 5) is 67.7. The number of nitrogens with zero attached hydrogens (tertiary/aromatic N) is 1. The van der Waals surface area contributed by atoms with E-state index in [1.165, 1.54) is 0 Å². The van der Waals surface area contributed by atoms with Crippen LogP contribution in [0.3, 0.4) is 0 Å². The number of fused-ring (bicyclic) bond motifs is 2. The first kappa shape index (κ1) is 42.3. The molecule has 0 aromatic carbocycles. The average molecular weight is 807 g/mol. The van der Waals surface area contributed by atoms with Gasteiger partial charge in [-0.25, -0.2) is 26.8 Å². The van der Waals surface area contributed by atoms with Crippen molar-refractivity contribution in [1.29, 1.82) is 0 Å². The number of sulfonamides is 1. The molecular weight excluding hydrogens is 759 g/mol. The number of carboxylic acid groups (broad SMARTS) is 1. The predicted molar refractivity (Wildman–Crippen MR) is 186 cm³/mol. The number of amides is 3. The van der Waals surface area contributed by atoms with Gasteiger partial charge in [-0.05, 0) is 83.6 Å². The van der Waals surface area contributed by atoms with E-state index >= 15 is 4.39 Å². The van der Waals surface area contributed by atoms with E-state index in [2.05, 4.69) is 17.0 Å². The molecule has 2 aliphatic heterocycles. The lowest BCUT2D eigenvalue weighted by Gasteiger charge is -2.30. The van der Waals surface area contributed by atoms with Gasteiger partial charge in [-0.15, -0.1) is 0 Å². The van der Waals surface area contributed by atoms with Gasteiger partial charge in [-0.3, -0.25) is 24.0 Å². The standard InChI is InChI=1S/C36H47F5N4O9S/c1-19-7-5-6-8-22-16-35(22,31(50)44-55(52,53)34(18-37)10-11-34)43-29(47)24-14-21(17-45(24)12-9-20(2)13-19)26-23(38)15-25(46)28(27(26)30(48)49)42-32(51)54-33(3,4)36(39,40)41/h6,8,15,19-22,24,28H,5,7,9-14,16-18H2,1-4H3,(H,42,51)(H,43,47)(H,44,50)(H,48,49)/b8-6-/t19-,20-,21-,22+,24-,28+,35+/m0/s1. The lowest BCUT2D eigenvalue weighted by molar-refractivity contribution is -0.244. The molecule has 19 heteroatoms. The molecule has 0 spiro atoms. The van der Waals surface area contributed by atoms with Gasteiger partial charge in [0.1, 0.15) is 28.8 Å². The second-order valence-electron chi connectivity index (χ2n) is 16.2. The van der Waals surface area contributed by atoms with Crippen molar-refractivity contribution in [2.24, 2.45) is 23.7 Å². The monoisotopic (exact) mass is 806 g/mol. The maximum Gasteiger partial charge on any atom is 0.427 e. The van der Waals surface area contributed by atoms with Gasteiger partial charge in [0.15, 0.2) is 5.78 Å². The van der Waals surface area contributed by atoms with Crippen molar-refractivity contribution in [3.8, 4) is 0 Å². The molecule has 5 aliphatic rings. The molecule has 3 aliphatic carbocycles. The van der Waals surface area contributed by atoms with Gasteiger partial charge in [0.2, 0.25) is 21.5 Å². The highest BCUT2D eigenvalue weighted by molar-refractivity contribution is 7.91. The van der Waals surface area contributed by atoms with Crippen molar-refractivity contribution >= 4 is 39.7 Å². The van der Waals surface area contributed by atoms with Crippen LogP contribution in [-0.4, -0.2) is 102 Å². The summed E-state index contributed by atoms with van der Waals surface area (Å²) in [6, 6.07) is -3.26. The van der Waals surface area contributed by atoms with Crippen LogP contribution in [0.5, 0.6) is 0 Å². The second kappa shape index (κ2) is 15.2. The molecular formula is C36H47F5N4O9S. The molecule has 0 aromatic heterocycles. The fraction of sp³-hybridized carbons (Fsp3) is 0.694. The van der Waals surface area contributed by atoms with E-state index in [4.69, 9.17) is 0 Å². The van der Waals surface area contributed by atoms with Crippen molar-refractivity contribution in [3.63, 3.8) is 0 Å². The Bertz CT molecular complexity index is 1810. The fourth-order valence-corrected chi connectivity index (χ4v) is 9.17. The topological polar surface area (TPSA) is 188 Å². The molecule has 0 aromatic rings. The molecule has 2 saturated carbocycles. The number of alkyl halides is 4. The first-order chi connectivity index (χ1) is 25.5. The van der Waals surface area contributed by atoms with Crippen molar-refractivity contribution in [2.45, 2.75) is 113 Å². The first-order valence-electron chi connectivity index (χ1n) is 18.3. The number of carbonyl (C=O) groups is 5. The third kappa shape index (κ3) is 8.61. The van der Waals surface area contributed by atoms with Crippen LogP contribution < -0.4 is 15.4 Å². The van der Waals surface area contributed by atoms with Crippen LogP contribution in [0, 0.1) is 23.7 Å². The molecule has 55 heavy (non-hydrogen) atoms. The largest absolute Gasteiger partial charge is 0.478 e. The van der Waals surface area contributed by atoms with Crippen LogP contribution in [0.15, 0.2) is 35.2 Å². The number of carboxylic acids is 1. The molecule has 13 nitrogen and oxygen atoms in total. The van der Waals surface area contributed by atoms with Crippen LogP contribution in [0.4, 0.5) is 26.7 Å². The maximum absolute atomic E-state index is 15.8. The smallest absolute Gasteiger partial charge is 0.427 e. The van der Waals surface area contributed by atoms with Gasteiger partial charge < -0.3 is 20.5 Å². The molecule has 1 saturated heterocycles. The van der Waals surface area contributed by atoms with Gasteiger partial charge in [0, 0.05) is 30.0 Å². The Hall–Kier alpha value is -3.87. The SMILES string of the molecule is C[C@H]1CC/C=C\[C@@H]2C[C@@]2(C(=O)NS(=O)(=O)C2(CF)CC2)NC(=O)[C@@H]2C[C@H](C3=C(C(=O)O)[C@H](NC(=O)OC(C)(C)C(F)(F)F)C(=O)C=C3F)CN2CC[C@H](C)C1. The quantitative estimate of drug-likeness (QED) is 0.205. The van der Waals surface area contributed by atoms with Gasteiger partial charge in [0.25, 0.3) is 5.91 Å². The lowest BCUT2D eigenvalue weighted by atomic mass is 9.83. The summed E-state index contributed by atoms with van der Waals surface area (Å²) in [6.07, 6.45) is -0.0893. The second-order valence-corrected chi connectivity index (χ2v) is 18.3. The number of hydrogen-bond acceptors (Lipinski definition) is 9. The molecule has 0 radical (unpaired) electrons. The number of carbonyl (C=O) groups excluding carboxylic acids is 4. The van der Waals surface area contributed by atoms with E-state index in [0.29, 0.717) is 38.7 Å². The van der Waals surface area contributed by atoms with Crippen LogP contribution in [-0.2, 0) is 33.9 Å². The summed E-state index contributed by atoms with van der Waals surface area (Å²) < 4.78 is 101. The van der Waals surface area contributed by atoms with Crippen molar-refractivity contribution in [1.82, 2.24) is 20.3 Å². The van der Waals surface area contributed by atoms with Crippen LogP contribution in [0.1, 0.15) is 79.1 Å². The van der Waals surface area contributed by atoms with Crippen molar-refractivity contribution in [2.75, 3.05) is 19.8 Å². The normalized spacial score (nSPS) is 32.4. The molecule has 3 amide bonds. The number of aliphatic carboxylic acids is 1. The number of halogens is 5. The van der Waals surface area contributed by atoms with Crippen LogP contribution in [0.25, 0.3) is 0 Å². The molecule has 2 heterocycles. The third-order valence-corrected chi connectivity index (χ3v) is 13.7. The van der Waals surface area contributed by atoms with Crippen LogP contribution in [0.2, 0.25) is 0 Å². The summed E-state index contributed by atoms with van der Waals surface area (Å²) in [6.45, 7) is 4.14. The summed E-state index contributed by atoms with van der Waals surface area (Å²) >= 11 is 0. The zero-order chi connectivity index (χ0) is 40.9. The Labute approximate surface area is 315 Å². The molecule has 7 atom stereocenters. The molecule has 4 N–H and O–H groups in total. The Balaban J connectivity index is 1.47. The van der Waals surface area contributed by atoms with Gasteiger partial charge >= 0.3 is 18.2 Å². The minimum atomic E-state index is -5.03. The minimum Gasteiger partial charge on any atom is -0.478 e. The molecule has 0 unspecified atom stereocenters. The first-order valence-corrected chi connectivity index (χ1v) is 19.8. The Morgan fingerprint density at radius 3 is 2.35 bits per heavy atom. The summed E-state index contributed by atoms with van der Waals surface area (Å²) in [5.41, 5.74) is -6.25. The van der Waals surface area contributed by atoms with E-state index in [1.54, 1.807) is 11.0 Å². The predicted octanol–water partition coefficient (Wildman–Crippen LogP) is 4.16. The third-order valence-electron chi connectivity index (χ3n) is 11.6. The van der Waals surface area contributed by atoms with E-state index in [1.807, 2.05) is 23.0 Å². The molecule has 306 valence electrons. The highest BCUT2D eigenvalue weighted by Crippen LogP contribution is 2.48. The van der Waals surface area contributed by atoms with Gasteiger partial charge in [0.05, 0.1) is 11.6 Å². The molecule has 0 bridgehead atoms. The zero-order valence-corrected chi connectivity index (χ0v) is 31.7. The Morgan fingerprint density at radius 1 is 1.09 bits per heavy atom. The van der Waals surface area contributed by atoms with Gasteiger partial charge in [-0.1, -0.05) is 26.0 Å². The fourth-order valence-electron chi connectivity index (χ4n) is 7.75. The number of ketones is 1. The highest BCUT2D eigenvalue weighted by Gasteiger charge is 2.64. The summed E-state index contributed by atoms with van der Waals surface area (Å²) in [5.74, 6) is -7.44. The van der Waals surface area contributed by atoms with Crippen molar-refractivity contribution < 1.29 is 64.2 Å². The Kier molecular flexibility index (Phi) is 11.7. The number of allylic oxidation sites excluding steroid dienone is 2. The Morgan fingerprint density at radius 2 is 1.75 bits per heavy atom. The number of nitrogens with one attached hydrogen (secondary N) is 3. The number of alkyl carbamates (subject to hydrolysis) is 1. The van der Waals surface area contributed by atoms with Crippen molar-refractivity contribution in [3.05, 3.63) is 35.2 Å². The van der Waals surface area contributed by atoms with E-state index in [9.17, 15) is 55.1 Å². The zero-order valence-electron chi connectivity index (χ0n) is 30.9. The maximum atomic E-state index is 15.8. The highest BCUT2D eigenvalue weighted by atomic mass is 32.2. The number of hydrogen-bond donors (Lipinski definition) is 4. The van der Waals surface area contributed by atoms with E-state index in [0.717, 1.165) is 12.8 Å². The molecule has 5 rings (SSSR count). The van der Waals surface area contributed by atoms with Crippen LogP contribution >= 0.6 is 0 Å². The summed E-state index contributed by atoms with van der Waals surface area (Å²) in [7, 11) is -4.44. The minimum absolute atomic E-state index is 0.0255. The number of ether oxygens (including phenoxy) is 1. The number of rotatable bonds is 8.